The van der Waals surface area contributed by atoms with Crippen molar-refractivity contribution in [3.63, 3.8) is 0 Å². The van der Waals surface area contributed by atoms with Gasteiger partial charge < -0.3 is 4.57 Å². The Labute approximate surface area is 78.8 Å². The summed E-state index contributed by atoms with van der Waals surface area (Å²) in [5.74, 6) is 0. The molecule has 2 aromatic heterocycles. The minimum absolute atomic E-state index is 0.178. The lowest BCUT2D eigenvalue weighted by atomic mass is 10.3. The number of aryl methyl sites for hydroxylation is 1. The summed E-state index contributed by atoms with van der Waals surface area (Å²) in [6, 6.07) is 1.58. The molecule has 0 aliphatic carbocycles. The molecule has 0 bridgehead atoms. The summed E-state index contributed by atoms with van der Waals surface area (Å²) in [6.45, 7) is 0. The van der Waals surface area contributed by atoms with Gasteiger partial charge in [0, 0.05) is 13.2 Å². The second-order valence-corrected chi connectivity index (χ2v) is 3.06. The first-order valence-electron chi connectivity index (χ1n) is 3.66. The third-order valence-corrected chi connectivity index (χ3v) is 2.08. The van der Waals surface area contributed by atoms with Gasteiger partial charge in [0.25, 0.3) is 5.56 Å². The van der Waals surface area contributed by atoms with Crippen LogP contribution in [0.5, 0.6) is 0 Å². The first-order chi connectivity index (χ1) is 6.20. The molecule has 0 aromatic carbocycles. The molecule has 13 heavy (non-hydrogen) atoms. The lowest BCUT2D eigenvalue weighted by molar-refractivity contribution is 0.840. The maximum atomic E-state index is 11.5. The van der Waals surface area contributed by atoms with Crippen molar-refractivity contribution in [2.24, 2.45) is 7.05 Å². The average Bonchev–Trinajstić information content (AvgIpc) is 2.12. The molecule has 0 radical (unpaired) electrons. The monoisotopic (exact) mass is 195 g/mol. The lowest BCUT2D eigenvalue weighted by Crippen LogP contribution is -2.17. The number of pyridine rings is 1. The van der Waals surface area contributed by atoms with Crippen LogP contribution >= 0.6 is 11.6 Å². The summed E-state index contributed by atoms with van der Waals surface area (Å²) >= 11 is 5.84. The lowest BCUT2D eigenvalue weighted by Gasteiger charge is -1.99. The van der Waals surface area contributed by atoms with Crippen molar-refractivity contribution in [2.75, 3.05) is 0 Å². The molecule has 0 amide bonds. The number of fused-ring (bicyclic) bond motifs is 1. The van der Waals surface area contributed by atoms with E-state index in [2.05, 4.69) is 9.97 Å². The molecule has 0 aliphatic heterocycles. The van der Waals surface area contributed by atoms with Crippen molar-refractivity contribution >= 4 is 22.6 Å². The quantitative estimate of drug-likeness (QED) is 0.630. The minimum atomic E-state index is -0.178. The predicted molar refractivity (Wildman–Crippen MR) is 49.8 cm³/mol. The van der Waals surface area contributed by atoms with E-state index in [1.165, 1.54) is 17.1 Å². The van der Waals surface area contributed by atoms with Crippen molar-refractivity contribution < 1.29 is 0 Å². The number of rotatable bonds is 0. The summed E-state index contributed by atoms with van der Waals surface area (Å²) in [7, 11) is 1.62. The molecule has 0 N–H and O–H groups in total. The zero-order valence-electron chi connectivity index (χ0n) is 6.86. The van der Waals surface area contributed by atoms with Gasteiger partial charge in [-0.2, -0.15) is 0 Å². The second kappa shape index (κ2) is 2.81. The maximum Gasteiger partial charge on any atom is 0.264 e. The molecule has 2 heterocycles. The van der Waals surface area contributed by atoms with E-state index < -0.39 is 0 Å². The molecule has 4 nitrogen and oxygen atoms in total. The van der Waals surface area contributed by atoms with Gasteiger partial charge in [0.15, 0.2) is 5.65 Å². The van der Waals surface area contributed by atoms with E-state index in [4.69, 9.17) is 11.6 Å². The Hall–Kier alpha value is -1.42. The van der Waals surface area contributed by atoms with E-state index in [0.717, 1.165) is 0 Å². The molecule has 0 spiro atoms. The van der Waals surface area contributed by atoms with E-state index >= 15 is 0 Å². The smallest absolute Gasteiger partial charge is 0.264 e. The number of aromatic nitrogens is 3. The Kier molecular flexibility index (Phi) is 1.77. The summed E-state index contributed by atoms with van der Waals surface area (Å²) in [4.78, 5) is 19.5. The molecule has 5 heteroatoms. The highest BCUT2D eigenvalue weighted by Crippen LogP contribution is 2.14. The van der Waals surface area contributed by atoms with Gasteiger partial charge in [0.05, 0.1) is 11.3 Å². The van der Waals surface area contributed by atoms with Gasteiger partial charge >= 0.3 is 0 Å². The van der Waals surface area contributed by atoms with Crippen LogP contribution in [-0.4, -0.2) is 14.5 Å². The van der Waals surface area contributed by atoms with Crippen molar-refractivity contribution in [1.29, 1.82) is 0 Å². The Bertz CT molecular complexity index is 520. The first kappa shape index (κ1) is 8.19. The molecule has 0 atom stereocenters. The Morgan fingerprint density at radius 1 is 1.46 bits per heavy atom. The molecule has 2 aromatic rings. The third-order valence-electron chi connectivity index (χ3n) is 1.77. The molecule has 66 valence electrons. The third kappa shape index (κ3) is 1.19. The highest BCUT2D eigenvalue weighted by Gasteiger charge is 2.05. The van der Waals surface area contributed by atoms with Crippen LogP contribution in [0.25, 0.3) is 11.0 Å². The van der Waals surface area contributed by atoms with Crippen molar-refractivity contribution in [1.82, 2.24) is 14.5 Å². The fraction of sp³-hybridized carbons (Fsp3) is 0.125. The highest BCUT2D eigenvalue weighted by molar-refractivity contribution is 6.35. The van der Waals surface area contributed by atoms with Gasteiger partial charge in [-0.25, -0.2) is 9.97 Å². The summed E-state index contributed by atoms with van der Waals surface area (Å²) in [6.07, 6.45) is 2.95. The van der Waals surface area contributed by atoms with Gasteiger partial charge in [-0.3, -0.25) is 4.79 Å². The van der Waals surface area contributed by atoms with Crippen LogP contribution in [0.3, 0.4) is 0 Å². The fourth-order valence-electron chi connectivity index (χ4n) is 1.09. The molecule has 2 rings (SSSR count). The maximum absolute atomic E-state index is 11.5. The SMILES string of the molecule is Cn1cnc2nccc(Cl)c2c1=O. The number of hydrogen-bond acceptors (Lipinski definition) is 3. The van der Waals surface area contributed by atoms with E-state index in [9.17, 15) is 4.79 Å². The van der Waals surface area contributed by atoms with Crippen LogP contribution in [0.1, 0.15) is 0 Å². The van der Waals surface area contributed by atoms with E-state index in [1.807, 2.05) is 0 Å². The van der Waals surface area contributed by atoms with Gasteiger partial charge in [0.1, 0.15) is 5.39 Å². The van der Waals surface area contributed by atoms with Crippen LogP contribution in [0.2, 0.25) is 5.02 Å². The molecule has 0 saturated heterocycles. The van der Waals surface area contributed by atoms with E-state index in [0.29, 0.717) is 16.1 Å². The number of halogens is 1. The standard InChI is InChI=1S/C8H6ClN3O/c1-12-4-11-7-6(8(12)13)5(9)2-3-10-7/h2-4H,1H3. The number of nitrogens with zero attached hydrogens (tertiary/aromatic N) is 3. The fourth-order valence-corrected chi connectivity index (χ4v) is 1.32. The second-order valence-electron chi connectivity index (χ2n) is 2.65. The molecule has 0 fully saturated rings. The van der Waals surface area contributed by atoms with Crippen LogP contribution in [-0.2, 0) is 7.05 Å². The molecular weight excluding hydrogens is 190 g/mol. The van der Waals surface area contributed by atoms with Crippen LogP contribution in [0.15, 0.2) is 23.4 Å². The normalized spacial score (nSPS) is 10.6. The van der Waals surface area contributed by atoms with E-state index in [-0.39, 0.29) is 5.56 Å². The van der Waals surface area contributed by atoms with Crippen LogP contribution < -0.4 is 5.56 Å². The summed E-state index contributed by atoms with van der Waals surface area (Å²) < 4.78 is 1.37. The molecule has 0 aliphatic rings. The largest absolute Gasteiger partial charge is 0.302 e. The summed E-state index contributed by atoms with van der Waals surface area (Å²) in [5.41, 5.74) is 0.207. The molecule has 0 unspecified atom stereocenters. The predicted octanol–water partition coefficient (Wildman–Crippen LogP) is 0.982. The zero-order valence-corrected chi connectivity index (χ0v) is 7.62. The molecular formula is C8H6ClN3O. The van der Waals surface area contributed by atoms with Gasteiger partial charge in [-0.1, -0.05) is 11.6 Å². The topological polar surface area (TPSA) is 47.8 Å². The van der Waals surface area contributed by atoms with Crippen molar-refractivity contribution in [3.05, 3.63) is 34.0 Å². The average molecular weight is 196 g/mol. The van der Waals surface area contributed by atoms with Crippen LogP contribution in [0, 0.1) is 0 Å². The summed E-state index contributed by atoms with van der Waals surface area (Å²) in [5, 5.41) is 0.757. The number of hydrogen-bond donors (Lipinski definition) is 0. The minimum Gasteiger partial charge on any atom is -0.302 e. The zero-order chi connectivity index (χ0) is 9.42. The van der Waals surface area contributed by atoms with Gasteiger partial charge in [-0.05, 0) is 6.07 Å². The van der Waals surface area contributed by atoms with Gasteiger partial charge in [0.2, 0.25) is 0 Å². The first-order valence-corrected chi connectivity index (χ1v) is 4.04. The van der Waals surface area contributed by atoms with E-state index in [1.54, 1.807) is 13.1 Å². The Morgan fingerprint density at radius 2 is 2.23 bits per heavy atom. The van der Waals surface area contributed by atoms with Crippen molar-refractivity contribution in [3.8, 4) is 0 Å². The van der Waals surface area contributed by atoms with Crippen LogP contribution in [0.4, 0.5) is 0 Å². The highest BCUT2D eigenvalue weighted by atomic mass is 35.5. The Morgan fingerprint density at radius 3 is 3.00 bits per heavy atom. The van der Waals surface area contributed by atoms with Crippen molar-refractivity contribution in [2.45, 2.75) is 0 Å². The Balaban J connectivity index is 3.06. The van der Waals surface area contributed by atoms with Gasteiger partial charge in [-0.15, -0.1) is 0 Å². The molecule has 0 saturated carbocycles.